The first-order valence-electron chi connectivity index (χ1n) is 7.38. The Hall–Kier alpha value is -2.82. The van der Waals surface area contributed by atoms with Crippen LogP contribution < -0.4 is 15.0 Å². The van der Waals surface area contributed by atoms with Gasteiger partial charge in [-0.05, 0) is 43.7 Å². The Morgan fingerprint density at radius 3 is 2.70 bits per heavy atom. The lowest BCUT2D eigenvalue weighted by molar-refractivity contribution is -0.120. The summed E-state index contributed by atoms with van der Waals surface area (Å²) in [5.41, 5.74) is 3.95. The van der Waals surface area contributed by atoms with Gasteiger partial charge in [-0.15, -0.1) is 0 Å². The van der Waals surface area contributed by atoms with Gasteiger partial charge in [-0.25, -0.2) is 0 Å². The first kappa shape index (κ1) is 15.1. The molecule has 0 spiro atoms. The lowest BCUT2D eigenvalue weighted by Gasteiger charge is -2.26. The third-order valence-electron chi connectivity index (χ3n) is 3.93. The molecule has 1 aliphatic heterocycles. The molecule has 2 amide bonds. The number of carbonyl (C=O) groups excluding carboxylic acids is 2. The zero-order valence-electron chi connectivity index (χ0n) is 13.3. The third kappa shape index (κ3) is 2.90. The van der Waals surface area contributed by atoms with Gasteiger partial charge >= 0.3 is 0 Å². The fraction of sp³-hybridized carbons (Fsp3) is 0.222. The van der Waals surface area contributed by atoms with E-state index in [0.29, 0.717) is 22.7 Å². The number of anilines is 2. The zero-order valence-corrected chi connectivity index (χ0v) is 13.3. The van der Waals surface area contributed by atoms with Crippen molar-refractivity contribution in [3.63, 3.8) is 0 Å². The highest BCUT2D eigenvalue weighted by molar-refractivity contribution is 6.06. The molecule has 2 aromatic rings. The molecule has 2 aromatic carbocycles. The minimum atomic E-state index is -0.173. The quantitative estimate of drug-likeness (QED) is 0.928. The summed E-state index contributed by atoms with van der Waals surface area (Å²) in [6.07, 6.45) is 0. The van der Waals surface area contributed by atoms with E-state index in [1.54, 1.807) is 25.2 Å². The minimum Gasteiger partial charge on any atom is -0.482 e. The molecule has 118 valence electrons. The molecule has 0 fully saturated rings. The average molecular weight is 310 g/mol. The van der Waals surface area contributed by atoms with Crippen molar-refractivity contribution in [1.82, 2.24) is 0 Å². The Kier molecular flexibility index (Phi) is 3.78. The van der Waals surface area contributed by atoms with Crippen molar-refractivity contribution in [3.8, 4) is 5.75 Å². The molecule has 5 heteroatoms. The van der Waals surface area contributed by atoms with Crippen molar-refractivity contribution in [3.05, 3.63) is 53.1 Å². The second kappa shape index (κ2) is 5.76. The number of benzene rings is 2. The molecule has 1 N–H and O–H groups in total. The summed E-state index contributed by atoms with van der Waals surface area (Å²) in [6, 6.07) is 11.0. The van der Waals surface area contributed by atoms with E-state index in [1.165, 1.54) is 4.90 Å². The van der Waals surface area contributed by atoms with Crippen LogP contribution in [0.4, 0.5) is 11.4 Å². The van der Waals surface area contributed by atoms with Crippen LogP contribution >= 0.6 is 0 Å². The van der Waals surface area contributed by atoms with Crippen LogP contribution in [0.1, 0.15) is 21.5 Å². The summed E-state index contributed by atoms with van der Waals surface area (Å²) in [7, 11) is 1.69. The van der Waals surface area contributed by atoms with E-state index in [9.17, 15) is 9.59 Å². The van der Waals surface area contributed by atoms with Crippen LogP contribution in [-0.2, 0) is 4.79 Å². The first-order valence-corrected chi connectivity index (χ1v) is 7.38. The van der Waals surface area contributed by atoms with Gasteiger partial charge in [-0.1, -0.05) is 17.7 Å². The van der Waals surface area contributed by atoms with Crippen LogP contribution in [0.3, 0.4) is 0 Å². The summed E-state index contributed by atoms with van der Waals surface area (Å²) >= 11 is 0. The van der Waals surface area contributed by atoms with Gasteiger partial charge in [0.05, 0.1) is 5.69 Å². The zero-order chi connectivity index (χ0) is 16.6. The number of ether oxygens (including phenoxy) is 1. The van der Waals surface area contributed by atoms with Crippen LogP contribution in [0.5, 0.6) is 5.75 Å². The van der Waals surface area contributed by atoms with E-state index >= 15 is 0 Å². The highest BCUT2D eigenvalue weighted by atomic mass is 16.5. The summed E-state index contributed by atoms with van der Waals surface area (Å²) in [4.78, 5) is 25.7. The van der Waals surface area contributed by atoms with Crippen LogP contribution in [0.25, 0.3) is 0 Å². The fourth-order valence-corrected chi connectivity index (χ4v) is 2.62. The van der Waals surface area contributed by atoms with E-state index in [1.807, 2.05) is 32.0 Å². The lowest BCUT2D eigenvalue weighted by atomic mass is 10.1. The molecule has 0 aliphatic carbocycles. The molecule has 5 nitrogen and oxygen atoms in total. The molecule has 0 saturated carbocycles. The Bertz CT molecular complexity index is 799. The number of nitrogens with zero attached hydrogens (tertiary/aromatic N) is 1. The third-order valence-corrected chi connectivity index (χ3v) is 3.93. The van der Waals surface area contributed by atoms with E-state index in [0.717, 1.165) is 11.1 Å². The Morgan fingerprint density at radius 2 is 1.96 bits per heavy atom. The second-order valence-electron chi connectivity index (χ2n) is 5.70. The SMILES string of the molecule is Cc1ccc(C(=O)Nc2ccc3c(c2)N(C)C(=O)CO3)c(C)c1. The van der Waals surface area contributed by atoms with E-state index in [-0.39, 0.29) is 18.4 Å². The van der Waals surface area contributed by atoms with Crippen molar-refractivity contribution in [1.29, 1.82) is 0 Å². The van der Waals surface area contributed by atoms with Gasteiger partial charge in [0.1, 0.15) is 5.75 Å². The topological polar surface area (TPSA) is 58.6 Å². The molecule has 3 rings (SSSR count). The lowest BCUT2D eigenvalue weighted by Crippen LogP contribution is -2.35. The maximum atomic E-state index is 12.4. The maximum absolute atomic E-state index is 12.4. The highest BCUT2D eigenvalue weighted by Gasteiger charge is 2.22. The van der Waals surface area contributed by atoms with Gasteiger partial charge in [0.2, 0.25) is 0 Å². The smallest absolute Gasteiger partial charge is 0.264 e. The van der Waals surface area contributed by atoms with Crippen molar-refractivity contribution in [2.45, 2.75) is 13.8 Å². The van der Waals surface area contributed by atoms with Gasteiger partial charge in [-0.3, -0.25) is 9.59 Å². The van der Waals surface area contributed by atoms with Gasteiger partial charge in [0.15, 0.2) is 6.61 Å². The van der Waals surface area contributed by atoms with Crippen molar-refractivity contribution < 1.29 is 14.3 Å². The number of aryl methyl sites for hydroxylation is 2. The first-order chi connectivity index (χ1) is 11.0. The standard InChI is InChI=1S/C18H18N2O3/c1-11-4-6-14(12(2)8-11)18(22)19-13-5-7-16-15(9-13)20(3)17(21)10-23-16/h4-9H,10H2,1-3H3,(H,19,22). The number of amides is 2. The van der Waals surface area contributed by atoms with Crippen molar-refractivity contribution in [2.24, 2.45) is 0 Å². The van der Waals surface area contributed by atoms with Crippen molar-refractivity contribution >= 4 is 23.2 Å². The molecular formula is C18H18N2O3. The molecule has 0 saturated heterocycles. The van der Waals surface area contributed by atoms with E-state index in [2.05, 4.69) is 5.32 Å². The predicted molar refractivity (Wildman–Crippen MR) is 89.2 cm³/mol. The number of nitrogens with one attached hydrogen (secondary N) is 1. The molecule has 0 radical (unpaired) electrons. The number of likely N-dealkylation sites (N-methyl/N-ethyl adjacent to an activating group) is 1. The normalized spacial score (nSPS) is 13.3. The number of rotatable bonds is 2. The van der Waals surface area contributed by atoms with Crippen LogP contribution in [0.15, 0.2) is 36.4 Å². The largest absolute Gasteiger partial charge is 0.482 e. The van der Waals surface area contributed by atoms with Crippen LogP contribution in [-0.4, -0.2) is 25.5 Å². The van der Waals surface area contributed by atoms with Gasteiger partial charge in [0, 0.05) is 18.3 Å². The number of hydrogen-bond acceptors (Lipinski definition) is 3. The molecule has 1 aliphatic rings. The average Bonchev–Trinajstić information content (AvgIpc) is 2.51. The minimum absolute atomic E-state index is 0.0395. The van der Waals surface area contributed by atoms with Crippen LogP contribution in [0, 0.1) is 13.8 Å². The summed E-state index contributed by atoms with van der Waals surface area (Å²) < 4.78 is 5.38. The summed E-state index contributed by atoms with van der Waals surface area (Å²) in [5.74, 6) is 0.347. The van der Waals surface area contributed by atoms with Crippen LogP contribution in [0.2, 0.25) is 0 Å². The highest BCUT2D eigenvalue weighted by Crippen LogP contribution is 2.33. The number of fused-ring (bicyclic) bond motifs is 1. The van der Waals surface area contributed by atoms with Gasteiger partial charge in [-0.2, -0.15) is 0 Å². The molecule has 1 heterocycles. The molecular weight excluding hydrogens is 292 g/mol. The number of carbonyl (C=O) groups is 2. The summed E-state index contributed by atoms with van der Waals surface area (Å²) in [5, 5.41) is 2.87. The Morgan fingerprint density at radius 1 is 1.17 bits per heavy atom. The van der Waals surface area contributed by atoms with E-state index < -0.39 is 0 Å². The Balaban J connectivity index is 1.86. The van der Waals surface area contributed by atoms with Crippen molar-refractivity contribution in [2.75, 3.05) is 23.9 Å². The monoisotopic (exact) mass is 310 g/mol. The maximum Gasteiger partial charge on any atom is 0.264 e. The second-order valence-corrected chi connectivity index (χ2v) is 5.70. The molecule has 23 heavy (non-hydrogen) atoms. The fourth-order valence-electron chi connectivity index (χ4n) is 2.62. The molecule has 0 bridgehead atoms. The Labute approximate surface area is 134 Å². The van der Waals surface area contributed by atoms with Gasteiger partial charge < -0.3 is 15.0 Å². The van der Waals surface area contributed by atoms with Gasteiger partial charge in [0.25, 0.3) is 11.8 Å². The predicted octanol–water partition coefficient (Wildman–Crippen LogP) is 2.91. The number of hydrogen-bond donors (Lipinski definition) is 1. The molecule has 0 unspecified atom stereocenters. The van der Waals surface area contributed by atoms with E-state index in [4.69, 9.17) is 4.74 Å². The summed E-state index contributed by atoms with van der Waals surface area (Å²) in [6.45, 7) is 3.94. The molecule has 0 aromatic heterocycles. The molecule has 0 atom stereocenters.